The number of carbonyl (C=O) groups excluding carboxylic acids is 2. The molecule has 0 N–H and O–H groups in total. The summed E-state index contributed by atoms with van der Waals surface area (Å²) < 4.78 is 16.4. The molecule has 6 heteroatoms. The normalized spacial score (nSPS) is 33.8. The summed E-state index contributed by atoms with van der Waals surface area (Å²) in [7, 11) is 0. The van der Waals surface area contributed by atoms with Crippen LogP contribution >= 0.6 is 0 Å². The third-order valence-corrected chi connectivity index (χ3v) is 4.81. The second kappa shape index (κ2) is 5.53. The molecular formula is C17H19NO5. The van der Waals surface area contributed by atoms with Gasteiger partial charge in [-0.15, -0.1) is 0 Å². The van der Waals surface area contributed by atoms with Crippen LogP contribution in [0.15, 0.2) is 30.3 Å². The van der Waals surface area contributed by atoms with Crippen molar-refractivity contribution < 1.29 is 23.8 Å². The molecule has 23 heavy (non-hydrogen) atoms. The Kier molecular flexibility index (Phi) is 3.49. The van der Waals surface area contributed by atoms with Crippen molar-refractivity contribution in [2.75, 3.05) is 6.61 Å². The minimum Gasteiger partial charge on any atom is -0.459 e. The van der Waals surface area contributed by atoms with Gasteiger partial charge in [0.2, 0.25) is 0 Å². The molecule has 3 fully saturated rings. The molecule has 1 aromatic carbocycles. The lowest BCUT2D eigenvalue weighted by Crippen LogP contribution is -2.52. The monoisotopic (exact) mass is 317 g/mol. The van der Waals surface area contributed by atoms with Crippen molar-refractivity contribution in [3.05, 3.63) is 35.9 Å². The number of piperidine rings is 1. The van der Waals surface area contributed by atoms with E-state index in [4.69, 9.17) is 14.2 Å². The Morgan fingerprint density at radius 2 is 1.83 bits per heavy atom. The van der Waals surface area contributed by atoms with E-state index in [0.29, 0.717) is 25.0 Å². The van der Waals surface area contributed by atoms with Crippen molar-refractivity contribution in [2.45, 2.75) is 50.2 Å². The van der Waals surface area contributed by atoms with Gasteiger partial charge in [-0.25, -0.2) is 9.59 Å². The SMILES string of the molecule is CCOC(=O)N1[C@@H]2CC(OC(=O)c3ccccc3)C[C@H]1[C@@H]1O[C@@H]12. The highest BCUT2D eigenvalue weighted by Crippen LogP contribution is 2.49. The van der Waals surface area contributed by atoms with Crippen LogP contribution in [-0.2, 0) is 14.2 Å². The molecule has 0 saturated carbocycles. The first-order chi connectivity index (χ1) is 11.2. The van der Waals surface area contributed by atoms with E-state index >= 15 is 0 Å². The van der Waals surface area contributed by atoms with Gasteiger partial charge in [0, 0.05) is 12.8 Å². The molecule has 2 bridgehead atoms. The van der Waals surface area contributed by atoms with Crippen molar-refractivity contribution in [3.8, 4) is 0 Å². The number of amides is 1. The molecule has 5 atom stereocenters. The fraction of sp³-hybridized carbons (Fsp3) is 0.529. The topological polar surface area (TPSA) is 68.4 Å². The number of esters is 1. The minimum atomic E-state index is -0.311. The second-order valence-electron chi connectivity index (χ2n) is 6.17. The number of hydrogen-bond acceptors (Lipinski definition) is 5. The predicted octanol–water partition coefficient (Wildman–Crippen LogP) is 1.98. The Hall–Kier alpha value is -2.08. The third-order valence-electron chi connectivity index (χ3n) is 4.81. The average Bonchev–Trinajstić information content (AvgIpc) is 3.32. The highest BCUT2D eigenvalue weighted by molar-refractivity contribution is 5.89. The number of carbonyl (C=O) groups is 2. The van der Waals surface area contributed by atoms with Gasteiger partial charge in [-0.3, -0.25) is 4.90 Å². The highest BCUT2D eigenvalue weighted by Gasteiger charge is 2.65. The molecule has 3 saturated heterocycles. The summed E-state index contributed by atoms with van der Waals surface area (Å²) in [5, 5.41) is 0. The molecule has 0 aromatic heterocycles. The quantitative estimate of drug-likeness (QED) is 0.630. The van der Waals surface area contributed by atoms with Gasteiger partial charge < -0.3 is 14.2 Å². The van der Waals surface area contributed by atoms with Crippen LogP contribution in [0.25, 0.3) is 0 Å². The summed E-state index contributed by atoms with van der Waals surface area (Å²) in [4.78, 5) is 26.1. The fourth-order valence-corrected chi connectivity index (χ4v) is 3.81. The maximum Gasteiger partial charge on any atom is 0.410 e. The molecule has 3 heterocycles. The average molecular weight is 317 g/mol. The van der Waals surface area contributed by atoms with Gasteiger partial charge in [0.1, 0.15) is 18.3 Å². The van der Waals surface area contributed by atoms with Crippen LogP contribution in [0.2, 0.25) is 0 Å². The van der Waals surface area contributed by atoms with Crippen molar-refractivity contribution in [1.82, 2.24) is 4.90 Å². The number of benzene rings is 1. The highest BCUT2D eigenvalue weighted by atomic mass is 16.6. The van der Waals surface area contributed by atoms with Crippen molar-refractivity contribution in [2.24, 2.45) is 0 Å². The summed E-state index contributed by atoms with van der Waals surface area (Å²) >= 11 is 0. The lowest BCUT2D eigenvalue weighted by atomic mass is 9.99. The van der Waals surface area contributed by atoms with Crippen molar-refractivity contribution >= 4 is 12.1 Å². The fourth-order valence-electron chi connectivity index (χ4n) is 3.81. The smallest absolute Gasteiger partial charge is 0.410 e. The zero-order valence-corrected chi connectivity index (χ0v) is 12.9. The van der Waals surface area contributed by atoms with Crippen LogP contribution in [0, 0.1) is 0 Å². The van der Waals surface area contributed by atoms with Crippen LogP contribution in [-0.4, -0.2) is 54.0 Å². The minimum absolute atomic E-state index is 0.0497. The predicted molar refractivity (Wildman–Crippen MR) is 80.0 cm³/mol. The number of nitrogens with zero attached hydrogens (tertiary/aromatic N) is 1. The lowest BCUT2D eigenvalue weighted by molar-refractivity contribution is -0.0294. The Labute approximate surface area is 134 Å². The van der Waals surface area contributed by atoms with E-state index in [9.17, 15) is 9.59 Å². The van der Waals surface area contributed by atoms with Gasteiger partial charge in [0.15, 0.2) is 0 Å². The number of morpholine rings is 1. The summed E-state index contributed by atoms with van der Waals surface area (Å²) in [5.74, 6) is -0.311. The molecule has 122 valence electrons. The zero-order valence-electron chi connectivity index (χ0n) is 12.9. The number of epoxide rings is 1. The molecule has 4 rings (SSSR count). The first-order valence-corrected chi connectivity index (χ1v) is 8.05. The van der Waals surface area contributed by atoms with E-state index in [1.165, 1.54) is 0 Å². The van der Waals surface area contributed by atoms with Crippen LogP contribution in [0.4, 0.5) is 4.79 Å². The molecule has 3 aliphatic rings. The Balaban J connectivity index is 1.43. The molecule has 0 aliphatic carbocycles. The molecule has 0 spiro atoms. The second-order valence-corrected chi connectivity index (χ2v) is 6.17. The Morgan fingerprint density at radius 1 is 1.17 bits per heavy atom. The Morgan fingerprint density at radius 3 is 2.43 bits per heavy atom. The first-order valence-electron chi connectivity index (χ1n) is 8.05. The van der Waals surface area contributed by atoms with Gasteiger partial charge in [0.25, 0.3) is 0 Å². The largest absolute Gasteiger partial charge is 0.459 e. The molecule has 3 aliphatic heterocycles. The lowest BCUT2D eigenvalue weighted by Gasteiger charge is -2.39. The van der Waals surface area contributed by atoms with Gasteiger partial charge >= 0.3 is 12.1 Å². The summed E-state index contributed by atoms with van der Waals surface area (Å²) in [6, 6.07) is 8.87. The molecular weight excluding hydrogens is 298 g/mol. The van der Waals surface area contributed by atoms with Crippen LogP contribution < -0.4 is 0 Å². The van der Waals surface area contributed by atoms with Crippen molar-refractivity contribution in [1.29, 1.82) is 0 Å². The summed E-state index contributed by atoms with van der Waals surface area (Å²) in [5.41, 5.74) is 0.550. The zero-order chi connectivity index (χ0) is 16.0. The van der Waals surface area contributed by atoms with Crippen molar-refractivity contribution in [3.63, 3.8) is 0 Å². The van der Waals surface area contributed by atoms with Crippen LogP contribution in [0.5, 0.6) is 0 Å². The molecule has 1 unspecified atom stereocenters. The van der Waals surface area contributed by atoms with E-state index in [1.807, 2.05) is 18.2 Å². The van der Waals surface area contributed by atoms with E-state index in [0.717, 1.165) is 0 Å². The van der Waals surface area contributed by atoms with Gasteiger partial charge in [-0.2, -0.15) is 0 Å². The number of hydrogen-bond donors (Lipinski definition) is 0. The molecule has 0 radical (unpaired) electrons. The van der Waals surface area contributed by atoms with Gasteiger partial charge in [-0.1, -0.05) is 18.2 Å². The maximum absolute atomic E-state index is 12.2. The summed E-state index contributed by atoms with van der Waals surface area (Å²) in [6.07, 6.45) is 0.894. The molecule has 1 aromatic rings. The van der Waals surface area contributed by atoms with E-state index in [-0.39, 0.29) is 42.5 Å². The molecule has 6 nitrogen and oxygen atoms in total. The summed E-state index contributed by atoms with van der Waals surface area (Å²) in [6.45, 7) is 2.16. The third kappa shape index (κ3) is 2.47. The maximum atomic E-state index is 12.2. The van der Waals surface area contributed by atoms with E-state index < -0.39 is 0 Å². The Bertz CT molecular complexity index is 601. The van der Waals surface area contributed by atoms with Crippen LogP contribution in [0.3, 0.4) is 0 Å². The standard InChI is InChI=1S/C17H19NO5/c1-2-21-17(20)18-12-8-11(9-13(18)15-14(12)23-15)22-16(19)10-6-4-3-5-7-10/h3-7,11-15H,2,8-9H2,1H3/t11?,12-,13+,14-,15+. The van der Waals surface area contributed by atoms with Crippen LogP contribution in [0.1, 0.15) is 30.1 Å². The van der Waals surface area contributed by atoms with E-state index in [1.54, 1.807) is 24.0 Å². The number of rotatable bonds is 3. The van der Waals surface area contributed by atoms with Gasteiger partial charge in [-0.05, 0) is 19.1 Å². The van der Waals surface area contributed by atoms with E-state index in [2.05, 4.69) is 0 Å². The number of fused-ring (bicyclic) bond motifs is 5. The first kappa shape index (κ1) is 14.5. The molecule has 1 amide bonds. The van der Waals surface area contributed by atoms with Gasteiger partial charge in [0.05, 0.1) is 24.3 Å². The number of ether oxygens (including phenoxy) is 3.